The van der Waals surface area contributed by atoms with E-state index < -0.39 is 42.4 Å². The molecule has 6 N–H and O–H groups in total. The Balaban J connectivity index is -0.000000115. The van der Waals surface area contributed by atoms with Gasteiger partial charge < -0.3 is 54.3 Å². The van der Waals surface area contributed by atoms with E-state index in [1.165, 1.54) is 25.7 Å². The van der Waals surface area contributed by atoms with Crippen LogP contribution in [0.5, 0.6) is 0 Å². The molecule has 0 aromatic carbocycles. The molecule has 0 aliphatic carbocycles. The van der Waals surface area contributed by atoms with Crippen molar-refractivity contribution in [3.63, 3.8) is 0 Å². The van der Waals surface area contributed by atoms with Crippen LogP contribution in [0.2, 0.25) is 0 Å². The zero-order chi connectivity index (χ0) is 29.4. The Morgan fingerprint density at radius 2 is 1.19 bits per heavy atom. The van der Waals surface area contributed by atoms with Crippen LogP contribution in [0.3, 0.4) is 0 Å². The summed E-state index contributed by atoms with van der Waals surface area (Å²) in [6.45, 7) is 22.3. The maximum Gasteiger partial charge on any atom is 4.00 e. The van der Waals surface area contributed by atoms with Crippen molar-refractivity contribution in [2.24, 2.45) is 5.73 Å². The molecule has 218 valence electrons. The van der Waals surface area contributed by atoms with Gasteiger partial charge in [-0.3, -0.25) is 19.2 Å². The number of rotatable bonds is 13. The minimum absolute atomic E-state index is 0. The summed E-state index contributed by atoms with van der Waals surface area (Å²) in [5, 5.41) is 21.4. The van der Waals surface area contributed by atoms with E-state index in [0.717, 1.165) is 25.7 Å². The number of carbonyl (C=O) groups is 4. The summed E-state index contributed by atoms with van der Waals surface area (Å²) >= 11 is 3.87. The van der Waals surface area contributed by atoms with Gasteiger partial charge in [0.25, 0.3) is 0 Å². The summed E-state index contributed by atoms with van der Waals surface area (Å²) in [4.78, 5) is 43.7. The largest absolute Gasteiger partial charge is 4.00 e. The molecule has 37 heavy (non-hydrogen) atoms. The number of carbonyl (C=O) groups excluding carboxylic acids is 2. The summed E-state index contributed by atoms with van der Waals surface area (Å²) in [6.07, 6.45) is 8.88. The van der Waals surface area contributed by atoms with Crippen molar-refractivity contribution in [2.75, 3.05) is 12.3 Å². The number of hydrogen-bond acceptors (Lipinski definition) is 6. The molecule has 0 saturated heterocycles. The van der Waals surface area contributed by atoms with Gasteiger partial charge in [0.1, 0.15) is 18.6 Å². The zero-order valence-electron chi connectivity index (χ0n) is 23.5. The van der Waals surface area contributed by atoms with Gasteiger partial charge in [-0.05, 0) is 6.42 Å². The predicted octanol–water partition coefficient (Wildman–Crippen LogP) is 4.27. The van der Waals surface area contributed by atoms with Crippen molar-refractivity contribution >= 4 is 36.4 Å². The fourth-order valence-electron chi connectivity index (χ4n) is 1.16. The second-order valence-electron chi connectivity index (χ2n) is 7.31. The van der Waals surface area contributed by atoms with Crippen LogP contribution in [0.4, 0.5) is 0 Å². The molecule has 2 unspecified atom stereocenters. The Morgan fingerprint density at radius 1 is 0.838 bits per heavy atom. The molecule has 2 amide bonds. The molecular weight excluding hydrogens is 530 g/mol. The van der Waals surface area contributed by atoms with E-state index in [9.17, 15) is 19.2 Å². The fraction of sp³-hybridized carbons (Fsp3) is 0.692. The molecule has 0 aromatic rings. The van der Waals surface area contributed by atoms with Crippen molar-refractivity contribution in [3.05, 3.63) is 27.7 Å². The minimum Gasteiger partial charge on any atom is -0.480 e. The van der Waals surface area contributed by atoms with Crippen LogP contribution in [-0.2, 0) is 40.9 Å². The van der Waals surface area contributed by atoms with Crippen molar-refractivity contribution in [3.8, 4) is 0 Å². The molecule has 0 aliphatic rings. The number of hydrogen-bond donors (Lipinski definition) is 6. The Hall–Kier alpha value is -1.10. The molecule has 0 rings (SSSR count). The van der Waals surface area contributed by atoms with Crippen LogP contribution in [0.15, 0.2) is 0 Å². The van der Waals surface area contributed by atoms with Gasteiger partial charge in [0.05, 0.1) is 0 Å². The Labute approximate surface area is 247 Å². The van der Waals surface area contributed by atoms with Crippen molar-refractivity contribution in [2.45, 2.75) is 104 Å². The van der Waals surface area contributed by atoms with E-state index in [4.69, 9.17) is 15.9 Å². The van der Waals surface area contributed by atoms with Gasteiger partial charge in [-0.1, -0.05) is 53.4 Å². The minimum atomic E-state index is -1.22. The van der Waals surface area contributed by atoms with Crippen molar-refractivity contribution in [1.29, 1.82) is 0 Å². The molecule has 0 saturated carbocycles. The molecule has 9 nitrogen and oxygen atoms in total. The first-order valence-electron chi connectivity index (χ1n) is 12.5. The van der Waals surface area contributed by atoms with E-state index in [-0.39, 0.29) is 40.3 Å². The summed E-state index contributed by atoms with van der Waals surface area (Å²) in [6, 6.07) is -2.15. The molecule has 0 heterocycles. The van der Waals surface area contributed by atoms with E-state index in [1.54, 1.807) is 0 Å². The first-order chi connectivity index (χ1) is 16.9. The Kier molecular flexibility index (Phi) is 55.5. The molecule has 0 bridgehead atoms. The topological polar surface area (TPSA) is 159 Å². The van der Waals surface area contributed by atoms with E-state index in [1.807, 2.05) is 0 Å². The maximum absolute atomic E-state index is 11.5. The quantitative estimate of drug-likeness (QED) is 0.107. The number of carboxylic acid groups (broad SMARTS) is 2. The van der Waals surface area contributed by atoms with Gasteiger partial charge in [-0.25, -0.2) is 0 Å². The molecule has 2 atom stereocenters. The van der Waals surface area contributed by atoms with E-state index in [0.29, 0.717) is 0 Å². The molecule has 0 aliphatic heterocycles. The standard InChI is InChI=1S/C10H17N3O6S.4C4H9.Ti/c11-5(10(18)19)1-2-7(14)13-6(4-20)9(17)12-3-8(15)16;4*1-3-4-2;/h5-6,20H,1-4,11H2,(H,12,17)(H,13,14)(H,15,16)(H,18,19);4*1,3-4H2,2H3;/q;4*-1;+4. The Morgan fingerprint density at radius 3 is 1.43 bits per heavy atom. The number of nitrogens with two attached hydrogens (primary N) is 1. The summed E-state index contributed by atoms with van der Waals surface area (Å²) in [5.41, 5.74) is 5.23. The third-order valence-corrected chi connectivity index (χ3v) is 4.03. The number of aliphatic carboxylic acids is 2. The molecule has 0 spiro atoms. The smallest absolute Gasteiger partial charge is 0.480 e. The van der Waals surface area contributed by atoms with E-state index in [2.05, 4.69) is 78.7 Å². The van der Waals surface area contributed by atoms with Crippen LogP contribution in [0.1, 0.15) is 91.9 Å². The fourth-order valence-corrected chi connectivity index (χ4v) is 1.41. The third-order valence-electron chi connectivity index (χ3n) is 3.66. The first-order valence-corrected chi connectivity index (χ1v) is 13.1. The normalized spacial score (nSPS) is 10.3. The molecular formula is C26H53N3O6STi. The number of carboxylic acids is 2. The maximum atomic E-state index is 11.5. The first kappa shape index (κ1) is 48.9. The van der Waals surface area contributed by atoms with Crippen LogP contribution < -0.4 is 16.4 Å². The van der Waals surface area contributed by atoms with Crippen LogP contribution in [-0.4, -0.2) is 58.3 Å². The summed E-state index contributed by atoms with van der Waals surface area (Å²) in [7, 11) is 0. The average molecular weight is 584 g/mol. The SMILES string of the molecule is NC(CCC(=O)NC(CS)C(=O)NCC(=O)O)C(=O)O.[CH2-]CCC.[CH2-]CCC.[CH2-]CCC.[CH2-]CCC.[Ti+4]. The van der Waals surface area contributed by atoms with Crippen molar-refractivity contribution < 1.29 is 51.1 Å². The van der Waals surface area contributed by atoms with Gasteiger partial charge in [0.15, 0.2) is 0 Å². The number of amides is 2. The van der Waals surface area contributed by atoms with Crippen LogP contribution >= 0.6 is 12.6 Å². The molecule has 0 radical (unpaired) electrons. The number of nitrogens with one attached hydrogen (secondary N) is 2. The third kappa shape index (κ3) is 52.2. The second-order valence-corrected chi connectivity index (χ2v) is 7.68. The molecule has 0 aromatic heterocycles. The van der Waals surface area contributed by atoms with E-state index >= 15 is 0 Å². The predicted molar refractivity (Wildman–Crippen MR) is 152 cm³/mol. The zero-order valence-corrected chi connectivity index (χ0v) is 26.0. The average Bonchev–Trinajstić information content (AvgIpc) is 2.89. The van der Waals surface area contributed by atoms with Gasteiger partial charge in [-0.2, -0.15) is 38.3 Å². The second kappa shape index (κ2) is 42.0. The van der Waals surface area contributed by atoms with Gasteiger partial charge in [-0.15, -0.1) is 0 Å². The van der Waals surface area contributed by atoms with Crippen LogP contribution in [0, 0.1) is 27.7 Å². The van der Waals surface area contributed by atoms with Gasteiger partial charge >= 0.3 is 33.7 Å². The number of unbranched alkanes of at least 4 members (excludes halogenated alkanes) is 4. The number of thiol groups is 1. The Bertz CT molecular complexity index is 491. The summed E-state index contributed by atoms with van der Waals surface area (Å²) in [5.74, 6) is -3.70. The van der Waals surface area contributed by atoms with Crippen LogP contribution in [0.25, 0.3) is 0 Å². The molecule has 11 heteroatoms. The van der Waals surface area contributed by atoms with Gasteiger partial charge in [0, 0.05) is 12.2 Å². The van der Waals surface area contributed by atoms with Crippen molar-refractivity contribution in [1.82, 2.24) is 10.6 Å². The van der Waals surface area contributed by atoms with Gasteiger partial charge in [0.2, 0.25) is 11.8 Å². The molecule has 0 fully saturated rings. The summed E-state index contributed by atoms with van der Waals surface area (Å²) < 4.78 is 0. The monoisotopic (exact) mass is 583 g/mol.